The van der Waals surface area contributed by atoms with Crippen LogP contribution in [0, 0.1) is 12.8 Å². The minimum atomic E-state index is 0.547. The largest absolute Gasteiger partial charge is 0.312 e. The van der Waals surface area contributed by atoms with Gasteiger partial charge in [0.2, 0.25) is 0 Å². The van der Waals surface area contributed by atoms with Crippen LogP contribution in [0.15, 0.2) is 9.85 Å². The maximum Gasteiger partial charge on any atom is 0.0731 e. The van der Waals surface area contributed by atoms with Crippen LogP contribution >= 0.6 is 27.3 Å². The molecule has 1 atom stereocenters. The number of hydrogen-bond donors (Lipinski definition) is 1. The SMILES string of the molecule is CNC(CCC1CCCC1)c1cc(C)c(Br)s1. The summed E-state index contributed by atoms with van der Waals surface area (Å²) < 4.78 is 1.29. The third-order valence-corrected chi connectivity index (χ3v) is 6.16. The first-order valence-electron chi connectivity index (χ1n) is 6.63. The average molecular weight is 316 g/mol. The Bertz CT molecular complexity index is 336. The minimum absolute atomic E-state index is 0.547. The molecule has 1 nitrogen and oxygen atoms in total. The highest BCUT2D eigenvalue weighted by Gasteiger charge is 2.19. The van der Waals surface area contributed by atoms with E-state index in [1.807, 2.05) is 11.3 Å². The summed E-state index contributed by atoms with van der Waals surface area (Å²) in [6.07, 6.45) is 8.51. The fraction of sp³-hybridized carbons (Fsp3) is 0.714. The molecule has 2 rings (SSSR count). The van der Waals surface area contributed by atoms with Crippen molar-refractivity contribution in [2.45, 2.75) is 51.5 Å². The van der Waals surface area contributed by atoms with Crippen molar-refractivity contribution in [2.75, 3.05) is 7.05 Å². The molecule has 0 amide bonds. The van der Waals surface area contributed by atoms with Crippen molar-refractivity contribution in [1.29, 1.82) is 0 Å². The summed E-state index contributed by atoms with van der Waals surface area (Å²) in [5.74, 6) is 0.996. The van der Waals surface area contributed by atoms with Crippen molar-refractivity contribution in [3.05, 3.63) is 20.3 Å². The maximum atomic E-state index is 3.62. The summed E-state index contributed by atoms with van der Waals surface area (Å²) in [6, 6.07) is 2.87. The number of hydrogen-bond acceptors (Lipinski definition) is 2. The van der Waals surface area contributed by atoms with Gasteiger partial charge < -0.3 is 5.32 Å². The van der Waals surface area contributed by atoms with E-state index in [1.165, 1.54) is 52.8 Å². The van der Waals surface area contributed by atoms with Gasteiger partial charge in [0.1, 0.15) is 0 Å². The van der Waals surface area contributed by atoms with Gasteiger partial charge in [-0.15, -0.1) is 11.3 Å². The van der Waals surface area contributed by atoms with E-state index in [2.05, 4.69) is 41.3 Å². The van der Waals surface area contributed by atoms with Gasteiger partial charge in [-0.3, -0.25) is 0 Å². The van der Waals surface area contributed by atoms with Crippen LogP contribution in [-0.2, 0) is 0 Å². The summed E-state index contributed by atoms with van der Waals surface area (Å²) in [4.78, 5) is 1.48. The number of halogens is 1. The molecule has 1 aromatic heterocycles. The lowest BCUT2D eigenvalue weighted by Gasteiger charge is -2.17. The van der Waals surface area contributed by atoms with Crippen molar-refractivity contribution >= 4 is 27.3 Å². The molecule has 1 unspecified atom stereocenters. The molecule has 1 heterocycles. The Morgan fingerprint density at radius 1 is 1.47 bits per heavy atom. The monoisotopic (exact) mass is 315 g/mol. The van der Waals surface area contributed by atoms with Gasteiger partial charge in [0.05, 0.1) is 3.79 Å². The predicted octanol–water partition coefficient (Wildman–Crippen LogP) is 5.05. The van der Waals surface area contributed by atoms with Gasteiger partial charge in [-0.1, -0.05) is 25.7 Å². The number of rotatable bonds is 5. The van der Waals surface area contributed by atoms with Crippen molar-refractivity contribution in [3.8, 4) is 0 Å². The van der Waals surface area contributed by atoms with Crippen molar-refractivity contribution < 1.29 is 0 Å². The molecule has 1 aromatic rings. The number of thiophene rings is 1. The first-order chi connectivity index (χ1) is 8.20. The van der Waals surface area contributed by atoms with Crippen molar-refractivity contribution in [1.82, 2.24) is 5.32 Å². The van der Waals surface area contributed by atoms with Gasteiger partial charge >= 0.3 is 0 Å². The van der Waals surface area contributed by atoms with Gasteiger partial charge in [0.25, 0.3) is 0 Å². The Hall–Kier alpha value is 0.140. The van der Waals surface area contributed by atoms with Crippen molar-refractivity contribution in [3.63, 3.8) is 0 Å². The lowest BCUT2D eigenvalue weighted by molar-refractivity contribution is 0.430. The highest BCUT2D eigenvalue weighted by atomic mass is 79.9. The maximum absolute atomic E-state index is 3.62. The zero-order valence-corrected chi connectivity index (χ0v) is 13.2. The second kappa shape index (κ2) is 6.35. The molecule has 1 aliphatic carbocycles. The predicted molar refractivity (Wildman–Crippen MR) is 79.7 cm³/mol. The van der Waals surface area contributed by atoms with Gasteiger partial charge in [-0.05, 0) is 60.3 Å². The number of aryl methyl sites for hydroxylation is 1. The van der Waals surface area contributed by atoms with Crippen LogP contribution in [-0.4, -0.2) is 7.05 Å². The molecule has 0 spiro atoms. The second-order valence-electron chi connectivity index (χ2n) is 5.17. The Kier molecular flexibility index (Phi) is 5.07. The summed E-state index contributed by atoms with van der Waals surface area (Å²) in [5, 5.41) is 3.47. The zero-order chi connectivity index (χ0) is 12.3. The van der Waals surface area contributed by atoms with E-state index in [4.69, 9.17) is 0 Å². The molecule has 0 bridgehead atoms. The van der Waals surface area contributed by atoms with Crippen LogP contribution in [0.3, 0.4) is 0 Å². The molecule has 0 aromatic carbocycles. The molecular formula is C14H22BrNS. The summed E-state index contributed by atoms with van der Waals surface area (Å²) >= 11 is 5.51. The summed E-state index contributed by atoms with van der Waals surface area (Å²) in [7, 11) is 2.09. The van der Waals surface area contributed by atoms with Crippen LogP contribution in [0.25, 0.3) is 0 Å². The zero-order valence-electron chi connectivity index (χ0n) is 10.8. The van der Waals surface area contributed by atoms with Crippen LogP contribution in [0.1, 0.15) is 55.0 Å². The van der Waals surface area contributed by atoms with E-state index >= 15 is 0 Å². The Morgan fingerprint density at radius 2 is 2.18 bits per heavy atom. The quantitative estimate of drug-likeness (QED) is 0.801. The lowest BCUT2D eigenvalue weighted by atomic mass is 9.98. The average Bonchev–Trinajstić information content (AvgIpc) is 2.91. The fourth-order valence-corrected chi connectivity index (χ4v) is 4.50. The van der Waals surface area contributed by atoms with Crippen molar-refractivity contribution in [2.24, 2.45) is 5.92 Å². The highest BCUT2D eigenvalue weighted by Crippen LogP contribution is 2.35. The third kappa shape index (κ3) is 3.55. The highest BCUT2D eigenvalue weighted by molar-refractivity contribution is 9.11. The van der Waals surface area contributed by atoms with E-state index in [1.54, 1.807) is 0 Å². The van der Waals surface area contributed by atoms with E-state index < -0.39 is 0 Å². The second-order valence-corrected chi connectivity index (χ2v) is 7.58. The van der Waals surface area contributed by atoms with Crippen LogP contribution < -0.4 is 5.32 Å². The molecule has 0 aliphatic heterocycles. The minimum Gasteiger partial charge on any atom is -0.312 e. The third-order valence-electron chi connectivity index (χ3n) is 3.91. The summed E-state index contributed by atoms with van der Waals surface area (Å²) in [6.45, 7) is 2.17. The van der Waals surface area contributed by atoms with Crippen LogP contribution in [0.2, 0.25) is 0 Å². The lowest BCUT2D eigenvalue weighted by Crippen LogP contribution is -2.16. The molecule has 1 saturated carbocycles. The van der Waals surface area contributed by atoms with E-state index in [0.717, 1.165) is 5.92 Å². The van der Waals surface area contributed by atoms with Gasteiger partial charge in [0, 0.05) is 10.9 Å². The molecule has 0 saturated heterocycles. The standard InChI is InChI=1S/C14H22BrNS/c1-10-9-13(17-14(10)15)12(16-2)8-7-11-5-3-4-6-11/h9,11-12,16H,3-8H2,1-2H3. The Balaban J connectivity index is 1.91. The molecule has 1 aliphatic rings. The first kappa shape index (κ1) is 13.6. The topological polar surface area (TPSA) is 12.0 Å². The molecule has 1 N–H and O–H groups in total. The van der Waals surface area contributed by atoms with Crippen LogP contribution in [0.4, 0.5) is 0 Å². The molecule has 1 fully saturated rings. The van der Waals surface area contributed by atoms with E-state index in [-0.39, 0.29) is 0 Å². The van der Waals surface area contributed by atoms with Gasteiger partial charge in [-0.25, -0.2) is 0 Å². The molecular weight excluding hydrogens is 294 g/mol. The van der Waals surface area contributed by atoms with E-state index in [9.17, 15) is 0 Å². The Morgan fingerprint density at radius 3 is 2.71 bits per heavy atom. The molecule has 3 heteroatoms. The normalized spacial score (nSPS) is 18.8. The fourth-order valence-electron chi connectivity index (χ4n) is 2.79. The Labute approximate surface area is 117 Å². The molecule has 96 valence electrons. The summed E-state index contributed by atoms with van der Waals surface area (Å²) in [5.41, 5.74) is 1.37. The van der Waals surface area contributed by atoms with Gasteiger partial charge in [-0.2, -0.15) is 0 Å². The first-order valence-corrected chi connectivity index (χ1v) is 8.24. The smallest absolute Gasteiger partial charge is 0.0731 e. The van der Waals surface area contributed by atoms with Crippen LogP contribution in [0.5, 0.6) is 0 Å². The number of nitrogens with one attached hydrogen (secondary N) is 1. The molecule has 17 heavy (non-hydrogen) atoms. The van der Waals surface area contributed by atoms with Gasteiger partial charge in [0.15, 0.2) is 0 Å². The molecule has 0 radical (unpaired) electrons. The van der Waals surface area contributed by atoms with E-state index in [0.29, 0.717) is 6.04 Å².